The maximum atomic E-state index is 10.9. The fourth-order valence-electron chi connectivity index (χ4n) is 1.14. The zero-order valence-corrected chi connectivity index (χ0v) is 7.39. The van der Waals surface area contributed by atoms with Crippen molar-refractivity contribution in [1.82, 2.24) is 5.16 Å². The van der Waals surface area contributed by atoms with Crippen molar-refractivity contribution in [2.75, 3.05) is 19.0 Å². The van der Waals surface area contributed by atoms with E-state index in [0.29, 0.717) is 15.9 Å². The second-order valence-electron chi connectivity index (χ2n) is 3.00. The molecule has 0 N–H and O–H groups in total. The van der Waals surface area contributed by atoms with Gasteiger partial charge in [0, 0.05) is 31.0 Å². The summed E-state index contributed by atoms with van der Waals surface area (Å²) in [6.45, 7) is 0. The van der Waals surface area contributed by atoms with Gasteiger partial charge in [-0.1, -0.05) is 0 Å². The van der Waals surface area contributed by atoms with E-state index in [2.05, 4.69) is 9.79 Å². The van der Waals surface area contributed by atoms with E-state index in [0.717, 1.165) is 5.69 Å². The van der Waals surface area contributed by atoms with E-state index in [1.54, 1.807) is 12.1 Å². The Balaban J connectivity index is 2.63. The first-order chi connectivity index (χ1) is 6.18. The van der Waals surface area contributed by atoms with Gasteiger partial charge in [-0.2, -0.15) is 0 Å². The molecule has 0 atom stereocenters. The molecule has 0 bridgehead atoms. The standard InChI is InChI=1S/C8H9N3O2/c1-10(2)6-3-4-8-7(5-6)9-13-11(8)12/h3-5H,1-2H3. The van der Waals surface area contributed by atoms with Gasteiger partial charge in [-0.05, 0) is 17.0 Å². The van der Waals surface area contributed by atoms with Gasteiger partial charge >= 0.3 is 0 Å². The molecule has 0 aliphatic rings. The van der Waals surface area contributed by atoms with Crippen LogP contribution in [-0.2, 0) is 0 Å². The van der Waals surface area contributed by atoms with Gasteiger partial charge in [0.1, 0.15) is 0 Å². The SMILES string of the molecule is CN(C)c1ccc2c(c1)no[n+]2[O-]. The summed E-state index contributed by atoms with van der Waals surface area (Å²) < 4.78 is 4.44. The first kappa shape index (κ1) is 7.85. The van der Waals surface area contributed by atoms with E-state index >= 15 is 0 Å². The molecule has 2 aromatic rings. The summed E-state index contributed by atoms with van der Waals surface area (Å²) in [5.41, 5.74) is 2.01. The van der Waals surface area contributed by atoms with Crippen LogP contribution < -0.4 is 9.80 Å². The van der Waals surface area contributed by atoms with Crippen molar-refractivity contribution in [2.24, 2.45) is 0 Å². The van der Waals surface area contributed by atoms with E-state index in [1.807, 2.05) is 25.1 Å². The molecular weight excluding hydrogens is 170 g/mol. The molecule has 0 aliphatic heterocycles. The van der Waals surface area contributed by atoms with Gasteiger partial charge in [-0.25, -0.2) is 0 Å². The van der Waals surface area contributed by atoms with E-state index < -0.39 is 0 Å². The first-order valence-corrected chi connectivity index (χ1v) is 3.85. The van der Waals surface area contributed by atoms with Crippen LogP contribution in [0.5, 0.6) is 0 Å². The Hall–Kier alpha value is -1.78. The van der Waals surface area contributed by atoms with Gasteiger partial charge in [0.15, 0.2) is 0 Å². The molecule has 1 aromatic carbocycles. The highest BCUT2D eigenvalue weighted by atomic mass is 16.8. The van der Waals surface area contributed by atoms with Gasteiger partial charge in [-0.15, -0.1) is 0 Å². The van der Waals surface area contributed by atoms with Crippen LogP contribution in [0.2, 0.25) is 0 Å². The van der Waals surface area contributed by atoms with Crippen LogP contribution in [0.4, 0.5) is 5.69 Å². The minimum Gasteiger partial charge on any atom is -0.378 e. The van der Waals surface area contributed by atoms with Crippen molar-refractivity contribution in [3.05, 3.63) is 23.4 Å². The zero-order chi connectivity index (χ0) is 9.42. The maximum absolute atomic E-state index is 10.9. The predicted octanol–water partition coefficient (Wildman–Crippen LogP) is 0.527. The summed E-state index contributed by atoms with van der Waals surface area (Å²) in [6, 6.07) is 5.33. The lowest BCUT2D eigenvalue weighted by molar-refractivity contribution is -0.782. The molecule has 0 saturated carbocycles. The van der Waals surface area contributed by atoms with Crippen molar-refractivity contribution in [3.63, 3.8) is 0 Å². The number of rotatable bonds is 1. The van der Waals surface area contributed by atoms with Gasteiger partial charge in [0.05, 0.1) is 0 Å². The molecule has 13 heavy (non-hydrogen) atoms. The van der Waals surface area contributed by atoms with Gasteiger partial charge in [-0.3, -0.25) is 4.63 Å². The van der Waals surface area contributed by atoms with Crippen LogP contribution in [0.1, 0.15) is 0 Å². The molecule has 0 radical (unpaired) electrons. The molecular formula is C8H9N3O2. The molecule has 0 spiro atoms. The predicted molar refractivity (Wildman–Crippen MR) is 47.3 cm³/mol. The molecule has 0 unspecified atom stereocenters. The monoisotopic (exact) mass is 179 g/mol. The van der Waals surface area contributed by atoms with Gasteiger partial charge < -0.3 is 10.1 Å². The van der Waals surface area contributed by atoms with Crippen molar-refractivity contribution < 1.29 is 9.53 Å². The lowest BCUT2D eigenvalue weighted by atomic mass is 10.2. The lowest BCUT2D eigenvalue weighted by Gasteiger charge is -2.10. The Morgan fingerprint density at radius 2 is 2.23 bits per heavy atom. The van der Waals surface area contributed by atoms with Gasteiger partial charge in [0.2, 0.25) is 5.52 Å². The van der Waals surface area contributed by atoms with E-state index in [1.165, 1.54) is 0 Å². The molecule has 0 fully saturated rings. The Labute approximate surface area is 74.7 Å². The Bertz CT molecular complexity index is 436. The summed E-state index contributed by atoms with van der Waals surface area (Å²) in [7, 11) is 3.85. The quantitative estimate of drug-likeness (QED) is 0.599. The fourth-order valence-corrected chi connectivity index (χ4v) is 1.14. The van der Waals surface area contributed by atoms with E-state index in [4.69, 9.17) is 0 Å². The largest absolute Gasteiger partial charge is 0.378 e. The molecule has 2 rings (SSSR count). The number of fused-ring (bicyclic) bond motifs is 1. The minimum absolute atomic E-state index is 0.398. The summed E-state index contributed by atoms with van der Waals surface area (Å²) in [6.07, 6.45) is 0. The average Bonchev–Trinajstić information content (AvgIpc) is 2.47. The average molecular weight is 179 g/mol. The second kappa shape index (κ2) is 2.62. The zero-order valence-electron chi connectivity index (χ0n) is 7.39. The third-order valence-corrected chi connectivity index (χ3v) is 1.89. The highest BCUT2D eigenvalue weighted by molar-refractivity contribution is 5.75. The summed E-state index contributed by atoms with van der Waals surface area (Å²) in [4.78, 5) is 2.33. The third-order valence-electron chi connectivity index (χ3n) is 1.89. The molecule has 0 saturated heterocycles. The molecule has 0 amide bonds. The number of hydrogen-bond acceptors (Lipinski definition) is 4. The van der Waals surface area contributed by atoms with Crippen molar-refractivity contribution in [1.29, 1.82) is 0 Å². The number of nitrogens with zero attached hydrogens (tertiary/aromatic N) is 3. The topological polar surface area (TPSA) is 56.2 Å². The van der Waals surface area contributed by atoms with Gasteiger partial charge in [0.25, 0.3) is 5.52 Å². The molecule has 5 nitrogen and oxygen atoms in total. The molecule has 0 aliphatic carbocycles. The van der Waals surface area contributed by atoms with E-state index in [-0.39, 0.29) is 0 Å². The normalized spacial score (nSPS) is 10.6. The smallest absolute Gasteiger partial charge is 0.250 e. The molecule has 68 valence electrons. The van der Waals surface area contributed by atoms with Crippen LogP contribution in [-0.4, -0.2) is 19.3 Å². The number of hydrogen-bond donors (Lipinski definition) is 0. The molecule has 1 heterocycles. The second-order valence-corrected chi connectivity index (χ2v) is 3.00. The Morgan fingerprint density at radius 1 is 1.46 bits per heavy atom. The van der Waals surface area contributed by atoms with Crippen LogP contribution in [0.15, 0.2) is 22.8 Å². The fraction of sp³-hybridized carbons (Fsp3) is 0.250. The van der Waals surface area contributed by atoms with Crippen LogP contribution in [0.3, 0.4) is 0 Å². The lowest BCUT2D eigenvalue weighted by Crippen LogP contribution is -2.22. The minimum atomic E-state index is 0.398. The molecule has 5 heteroatoms. The third kappa shape index (κ3) is 1.18. The molecule has 1 aromatic heterocycles. The Morgan fingerprint density at radius 3 is 2.92 bits per heavy atom. The Kier molecular flexibility index (Phi) is 1.58. The summed E-state index contributed by atoms with van der Waals surface area (Å²) in [5, 5.41) is 14.5. The maximum Gasteiger partial charge on any atom is 0.250 e. The number of anilines is 1. The van der Waals surface area contributed by atoms with E-state index in [9.17, 15) is 5.21 Å². The number of aromatic nitrogens is 2. The summed E-state index contributed by atoms with van der Waals surface area (Å²) in [5.74, 6) is 0. The van der Waals surface area contributed by atoms with Crippen LogP contribution in [0.25, 0.3) is 11.0 Å². The number of benzene rings is 1. The first-order valence-electron chi connectivity index (χ1n) is 3.85. The van der Waals surface area contributed by atoms with Crippen molar-refractivity contribution in [2.45, 2.75) is 0 Å². The highest BCUT2D eigenvalue weighted by Crippen LogP contribution is 2.16. The van der Waals surface area contributed by atoms with Crippen LogP contribution in [0, 0.1) is 5.21 Å². The van der Waals surface area contributed by atoms with Crippen LogP contribution >= 0.6 is 0 Å². The summed E-state index contributed by atoms with van der Waals surface area (Å²) >= 11 is 0. The van der Waals surface area contributed by atoms with Crippen molar-refractivity contribution >= 4 is 16.7 Å². The van der Waals surface area contributed by atoms with Crippen molar-refractivity contribution in [3.8, 4) is 0 Å². The highest BCUT2D eigenvalue weighted by Gasteiger charge is 2.09.